The van der Waals surface area contributed by atoms with Crippen molar-refractivity contribution in [3.05, 3.63) is 9.21 Å². The second kappa shape index (κ2) is 3.05. The fraction of sp³-hybridized carbons (Fsp3) is 0.500. The maximum Gasteiger partial charge on any atom is 0.141 e. The van der Waals surface area contributed by atoms with E-state index in [-0.39, 0.29) is 0 Å². The average Bonchev–Trinajstić information content (AvgIpc) is 2.13. The molecule has 1 heterocycles. The molecule has 0 spiro atoms. The minimum Gasteiger partial charge on any atom is -0.223 e. The van der Waals surface area contributed by atoms with Gasteiger partial charge in [-0.15, -0.1) is 0 Å². The van der Waals surface area contributed by atoms with Crippen molar-refractivity contribution in [3.63, 3.8) is 0 Å². The highest BCUT2D eigenvalue weighted by Gasteiger charge is 2.17. The zero-order chi connectivity index (χ0) is 7.72. The lowest BCUT2D eigenvalue weighted by Crippen LogP contribution is -2.14. The highest BCUT2D eigenvalue weighted by molar-refractivity contribution is 9.14. The molecule has 10 heavy (non-hydrogen) atoms. The molecule has 1 rings (SSSR count). The van der Waals surface area contributed by atoms with E-state index in [1.165, 1.54) is 0 Å². The molecule has 0 aromatic heterocycles. The van der Waals surface area contributed by atoms with Gasteiger partial charge in [0.05, 0.1) is 0 Å². The van der Waals surface area contributed by atoms with Crippen molar-refractivity contribution in [3.8, 4) is 0 Å². The van der Waals surface area contributed by atoms with Crippen LogP contribution in [0.2, 0.25) is 0 Å². The van der Waals surface area contributed by atoms with Crippen molar-refractivity contribution in [2.45, 2.75) is 13.8 Å². The van der Waals surface area contributed by atoms with Gasteiger partial charge < -0.3 is 0 Å². The van der Waals surface area contributed by atoms with Gasteiger partial charge in [0.15, 0.2) is 0 Å². The molecule has 0 amide bonds. The number of amidine groups is 1. The summed E-state index contributed by atoms with van der Waals surface area (Å²) in [6, 6.07) is 0. The first-order valence-corrected chi connectivity index (χ1v) is 4.55. The van der Waals surface area contributed by atoms with Crippen LogP contribution in [0.1, 0.15) is 13.8 Å². The predicted molar refractivity (Wildman–Crippen MR) is 49.3 cm³/mol. The summed E-state index contributed by atoms with van der Waals surface area (Å²) >= 11 is 6.53. The Labute approximate surface area is 77.0 Å². The fourth-order valence-corrected chi connectivity index (χ4v) is 1.12. The van der Waals surface area contributed by atoms with E-state index in [1.54, 1.807) is 0 Å². The number of rotatable bonds is 1. The van der Waals surface area contributed by atoms with Gasteiger partial charge in [-0.25, -0.2) is 10.3 Å². The molecule has 0 saturated heterocycles. The molecule has 0 fully saturated rings. The molecule has 0 unspecified atom stereocenters. The minimum atomic E-state index is 0.391. The number of halogens is 2. The standard InChI is InChI=1S/C6H7Br2N2/c1-3(2)6-9-4(7)5(8)10-6/h3H,1-2H3. The lowest BCUT2D eigenvalue weighted by Gasteiger charge is -2.01. The lowest BCUT2D eigenvalue weighted by atomic mass is 10.2. The average molecular weight is 267 g/mol. The predicted octanol–water partition coefficient (Wildman–Crippen LogP) is 2.58. The van der Waals surface area contributed by atoms with Crippen LogP contribution in [0.25, 0.3) is 0 Å². The Morgan fingerprint density at radius 3 is 2.00 bits per heavy atom. The fourth-order valence-electron chi connectivity index (χ4n) is 0.577. The zero-order valence-corrected chi connectivity index (χ0v) is 8.90. The Morgan fingerprint density at radius 2 is 1.80 bits per heavy atom. The van der Waals surface area contributed by atoms with Gasteiger partial charge in [-0.2, -0.15) is 0 Å². The van der Waals surface area contributed by atoms with E-state index in [1.807, 2.05) is 0 Å². The number of hydrogen-bond donors (Lipinski definition) is 0. The molecular formula is C6H7Br2N2. The first kappa shape index (κ1) is 8.27. The molecule has 0 aromatic carbocycles. The Kier molecular flexibility index (Phi) is 2.52. The molecule has 1 radical (unpaired) electrons. The van der Waals surface area contributed by atoms with Gasteiger partial charge in [0.2, 0.25) is 0 Å². The van der Waals surface area contributed by atoms with E-state index >= 15 is 0 Å². The molecule has 4 heteroatoms. The number of aliphatic imine (C=N–C) groups is 1. The summed E-state index contributed by atoms with van der Waals surface area (Å²) in [5.41, 5.74) is 0. The normalized spacial score (nSPS) is 17.9. The smallest absolute Gasteiger partial charge is 0.141 e. The first-order valence-electron chi connectivity index (χ1n) is 2.97. The maximum atomic E-state index is 4.17. The highest BCUT2D eigenvalue weighted by Crippen LogP contribution is 2.24. The van der Waals surface area contributed by atoms with Crippen LogP contribution in [0.15, 0.2) is 14.2 Å². The van der Waals surface area contributed by atoms with Crippen molar-refractivity contribution >= 4 is 37.7 Å². The SMILES string of the molecule is CC(C)C1=NC(Br)=C(Br)[N]1. The van der Waals surface area contributed by atoms with Gasteiger partial charge in [0.1, 0.15) is 15.0 Å². The van der Waals surface area contributed by atoms with E-state index in [0.717, 1.165) is 15.0 Å². The maximum absolute atomic E-state index is 4.17. The van der Waals surface area contributed by atoms with Gasteiger partial charge in [-0.1, -0.05) is 13.8 Å². The van der Waals surface area contributed by atoms with E-state index < -0.39 is 0 Å². The largest absolute Gasteiger partial charge is 0.223 e. The molecule has 1 aliphatic rings. The summed E-state index contributed by atoms with van der Waals surface area (Å²) in [6.07, 6.45) is 0. The van der Waals surface area contributed by atoms with Crippen LogP contribution in [-0.2, 0) is 0 Å². The summed E-state index contributed by atoms with van der Waals surface area (Å²) in [6.45, 7) is 4.13. The molecule has 55 valence electrons. The van der Waals surface area contributed by atoms with Crippen LogP contribution in [-0.4, -0.2) is 5.84 Å². The summed E-state index contributed by atoms with van der Waals surface area (Å²) in [5.74, 6) is 1.27. The van der Waals surface area contributed by atoms with Crippen LogP contribution < -0.4 is 5.32 Å². The van der Waals surface area contributed by atoms with Crippen LogP contribution >= 0.6 is 31.9 Å². The number of nitrogens with zero attached hydrogens (tertiary/aromatic N) is 2. The van der Waals surface area contributed by atoms with Crippen LogP contribution in [0.5, 0.6) is 0 Å². The molecular weight excluding hydrogens is 260 g/mol. The molecule has 0 N–H and O–H groups in total. The Hall–Kier alpha value is 0.170. The van der Waals surface area contributed by atoms with E-state index in [0.29, 0.717) is 5.92 Å². The van der Waals surface area contributed by atoms with Crippen LogP contribution in [0, 0.1) is 5.92 Å². The Balaban J connectivity index is 2.70. The van der Waals surface area contributed by atoms with Crippen molar-refractivity contribution < 1.29 is 0 Å². The van der Waals surface area contributed by atoms with Crippen LogP contribution in [0.4, 0.5) is 0 Å². The van der Waals surface area contributed by atoms with Gasteiger partial charge in [-0.3, -0.25) is 0 Å². The lowest BCUT2D eigenvalue weighted by molar-refractivity contribution is 0.852. The second-order valence-electron chi connectivity index (χ2n) is 2.32. The topological polar surface area (TPSA) is 26.5 Å². The summed E-state index contributed by atoms with van der Waals surface area (Å²) in [7, 11) is 0. The van der Waals surface area contributed by atoms with Gasteiger partial charge >= 0.3 is 0 Å². The summed E-state index contributed by atoms with van der Waals surface area (Å²) < 4.78 is 1.58. The summed E-state index contributed by atoms with van der Waals surface area (Å²) in [5, 5.41) is 4.17. The van der Waals surface area contributed by atoms with Crippen molar-refractivity contribution in [2.75, 3.05) is 0 Å². The van der Waals surface area contributed by atoms with Crippen LogP contribution in [0.3, 0.4) is 0 Å². The monoisotopic (exact) mass is 265 g/mol. The van der Waals surface area contributed by atoms with Gasteiger partial charge in [-0.05, 0) is 31.9 Å². The Morgan fingerprint density at radius 1 is 1.20 bits per heavy atom. The molecule has 0 aromatic rings. The first-order chi connectivity index (χ1) is 4.61. The summed E-state index contributed by atoms with van der Waals surface area (Å²) in [4.78, 5) is 4.17. The van der Waals surface area contributed by atoms with Gasteiger partial charge in [0, 0.05) is 5.92 Å². The van der Waals surface area contributed by atoms with Gasteiger partial charge in [0.25, 0.3) is 0 Å². The highest BCUT2D eigenvalue weighted by atomic mass is 79.9. The van der Waals surface area contributed by atoms with E-state index in [4.69, 9.17) is 0 Å². The third kappa shape index (κ3) is 1.61. The number of hydrogen-bond acceptors (Lipinski definition) is 1. The molecule has 0 aliphatic carbocycles. The van der Waals surface area contributed by atoms with E-state index in [2.05, 4.69) is 56.0 Å². The third-order valence-corrected chi connectivity index (χ3v) is 2.75. The van der Waals surface area contributed by atoms with E-state index in [9.17, 15) is 0 Å². The van der Waals surface area contributed by atoms with Crippen molar-refractivity contribution in [1.82, 2.24) is 5.32 Å². The molecule has 0 saturated carbocycles. The quantitative estimate of drug-likeness (QED) is 0.653. The minimum absolute atomic E-state index is 0.391. The molecule has 2 nitrogen and oxygen atoms in total. The second-order valence-corrected chi connectivity index (χ2v) is 3.82. The molecule has 0 atom stereocenters. The van der Waals surface area contributed by atoms with Crippen molar-refractivity contribution in [2.24, 2.45) is 10.9 Å². The Bertz CT molecular complexity index is 206. The van der Waals surface area contributed by atoms with Crippen molar-refractivity contribution in [1.29, 1.82) is 0 Å². The third-order valence-electron chi connectivity index (χ3n) is 1.11. The molecule has 0 bridgehead atoms. The zero-order valence-electron chi connectivity index (χ0n) is 5.73. The molecule has 1 aliphatic heterocycles.